The summed E-state index contributed by atoms with van der Waals surface area (Å²) in [7, 11) is 0. The van der Waals surface area contributed by atoms with E-state index in [2.05, 4.69) is 19.1 Å². The zero-order chi connectivity index (χ0) is 18.8. The van der Waals surface area contributed by atoms with E-state index in [1.165, 1.54) is 64.2 Å². The van der Waals surface area contributed by atoms with E-state index < -0.39 is 6.16 Å². The zero-order valence-corrected chi connectivity index (χ0v) is 17.2. The standard InChI is InChI=1S/C22H42O3/c1-5-6-7-8-9-10-11-12-13-14-15-16-17-18-19-24-22(23)25-21(4)20(2)3/h10-11,20-21H,5-9,12-19H2,1-4H3/b11-10-. The Bertz CT molecular complexity index is 323. The van der Waals surface area contributed by atoms with Crippen LogP contribution in [0, 0.1) is 5.92 Å². The molecule has 1 unspecified atom stereocenters. The van der Waals surface area contributed by atoms with Crippen LogP contribution >= 0.6 is 0 Å². The van der Waals surface area contributed by atoms with Crippen LogP contribution in [-0.2, 0) is 9.47 Å². The van der Waals surface area contributed by atoms with E-state index in [0.717, 1.165) is 12.8 Å². The average molecular weight is 355 g/mol. The topological polar surface area (TPSA) is 35.5 Å². The molecule has 0 aliphatic carbocycles. The molecule has 0 aliphatic heterocycles. The fraction of sp³-hybridized carbons (Fsp3) is 0.864. The van der Waals surface area contributed by atoms with E-state index in [4.69, 9.17) is 9.47 Å². The summed E-state index contributed by atoms with van der Waals surface area (Å²) in [5.74, 6) is 0.323. The van der Waals surface area contributed by atoms with E-state index in [0.29, 0.717) is 12.5 Å². The lowest BCUT2D eigenvalue weighted by atomic mass is 10.1. The lowest BCUT2D eigenvalue weighted by Crippen LogP contribution is -2.21. The van der Waals surface area contributed by atoms with Crippen molar-refractivity contribution >= 4 is 6.16 Å². The number of hydrogen-bond donors (Lipinski definition) is 0. The molecule has 0 saturated carbocycles. The van der Waals surface area contributed by atoms with Gasteiger partial charge in [0.15, 0.2) is 0 Å². The van der Waals surface area contributed by atoms with Crippen LogP contribution in [0.25, 0.3) is 0 Å². The van der Waals surface area contributed by atoms with Gasteiger partial charge in [-0.05, 0) is 44.9 Å². The molecule has 0 spiro atoms. The van der Waals surface area contributed by atoms with E-state index in [1.807, 2.05) is 20.8 Å². The number of carbonyl (C=O) groups excluding carboxylic acids is 1. The Morgan fingerprint density at radius 3 is 1.88 bits per heavy atom. The SMILES string of the molecule is CCCCCC/C=C\CCCCCCCCOC(=O)OC(C)C(C)C. The third-order valence-corrected chi connectivity index (χ3v) is 4.60. The van der Waals surface area contributed by atoms with E-state index in [1.54, 1.807) is 0 Å². The largest absolute Gasteiger partial charge is 0.508 e. The maximum Gasteiger partial charge on any atom is 0.508 e. The number of allylic oxidation sites excluding steroid dienone is 2. The Kier molecular flexibility index (Phi) is 17.1. The maximum absolute atomic E-state index is 11.4. The van der Waals surface area contributed by atoms with Crippen LogP contribution < -0.4 is 0 Å². The highest BCUT2D eigenvalue weighted by molar-refractivity contribution is 5.60. The average Bonchev–Trinajstić information content (AvgIpc) is 2.58. The summed E-state index contributed by atoms with van der Waals surface area (Å²) < 4.78 is 10.3. The van der Waals surface area contributed by atoms with Crippen molar-refractivity contribution < 1.29 is 14.3 Å². The molecule has 0 bridgehead atoms. The minimum Gasteiger partial charge on any atom is -0.434 e. The molecule has 0 saturated heterocycles. The fourth-order valence-corrected chi connectivity index (χ4v) is 2.47. The summed E-state index contributed by atoms with van der Waals surface area (Å²) in [6.07, 6.45) is 19.1. The summed E-state index contributed by atoms with van der Waals surface area (Å²) in [4.78, 5) is 11.4. The second-order valence-electron chi connectivity index (χ2n) is 7.40. The van der Waals surface area contributed by atoms with Gasteiger partial charge in [-0.25, -0.2) is 4.79 Å². The highest BCUT2D eigenvalue weighted by atomic mass is 16.7. The van der Waals surface area contributed by atoms with Crippen molar-refractivity contribution in [3.63, 3.8) is 0 Å². The third kappa shape index (κ3) is 17.6. The molecule has 3 nitrogen and oxygen atoms in total. The monoisotopic (exact) mass is 354 g/mol. The minimum atomic E-state index is -0.525. The fourth-order valence-electron chi connectivity index (χ4n) is 2.47. The number of hydrogen-bond acceptors (Lipinski definition) is 3. The van der Waals surface area contributed by atoms with Crippen LogP contribution in [0.1, 0.15) is 105 Å². The first-order chi connectivity index (χ1) is 12.1. The van der Waals surface area contributed by atoms with Gasteiger partial charge in [0.2, 0.25) is 0 Å². The van der Waals surface area contributed by atoms with Gasteiger partial charge in [0.1, 0.15) is 6.10 Å². The molecule has 0 radical (unpaired) electrons. The molecule has 0 N–H and O–H groups in total. The number of unbranched alkanes of at least 4 members (excludes halogenated alkanes) is 10. The summed E-state index contributed by atoms with van der Waals surface area (Å²) in [5, 5.41) is 0. The van der Waals surface area contributed by atoms with Crippen molar-refractivity contribution in [3.8, 4) is 0 Å². The Labute approximate surface area is 156 Å². The molecule has 0 amide bonds. The second-order valence-corrected chi connectivity index (χ2v) is 7.40. The first-order valence-corrected chi connectivity index (χ1v) is 10.6. The quantitative estimate of drug-likeness (QED) is 0.164. The number of carbonyl (C=O) groups is 1. The van der Waals surface area contributed by atoms with Crippen molar-refractivity contribution in [2.24, 2.45) is 5.92 Å². The minimum absolute atomic E-state index is 0.0853. The van der Waals surface area contributed by atoms with Gasteiger partial charge in [-0.3, -0.25) is 0 Å². The molecular weight excluding hydrogens is 312 g/mol. The van der Waals surface area contributed by atoms with Gasteiger partial charge in [-0.1, -0.05) is 77.9 Å². The molecule has 0 heterocycles. The first kappa shape index (κ1) is 24.0. The molecule has 0 rings (SSSR count). The molecule has 0 aromatic rings. The Morgan fingerprint density at radius 2 is 1.32 bits per heavy atom. The summed E-state index contributed by atoms with van der Waals surface area (Å²) in [5.41, 5.74) is 0. The lowest BCUT2D eigenvalue weighted by molar-refractivity contribution is 0.0140. The van der Waals surface area contributed by atoms with Crippen LogP contribution in [0.4, 0.5) is 4.79 Å². The third-order valence-electron chi connectivity index (χ3n) is 4.60. The lowest BCUT2D eigenvalue weighted by Gasteiger charge is -2.16. The van der Waals surface area contributed by atoms with Gasteiger partial charge < -0.3 is 9.47 Å². The molecular formula is C22H42O3. The van der Waals surface area contributed by atoms with Crippen LogP contribution in [-0.4, -0.2) is 18.9 Å². The number of ether oxygens (including phenoxy) is 2. The summed E-state index contributed by atoms with van der Waals surface area (Å²) in [6.45, 7) is 8.69. The Hall–Kier alpha value is -0.990. The molecule has 1 atom stereocenters. The van der Waals surface area contributed by atoms with Gasteiger partial charge in [0, 0.05) is 0 Å². The van der Waals surface area contributed by atoms with Gasteiger partial charge in [-0.2, -0.15) is 0 Å². The van der Waals surface area contributed by atoms with Crippen LogP contribution in [0.15, 0.2) is 12.2 Å². The normalized spacial score (nSPS) is 12.7. The molecule has 0 aromatic carbocycles. The molecule has 0 aromatic heterocycles. The van der Waals surface area contributed by atoms with Gasteiger partial charge in [0.05, 0.1) is 6.61 Å². The Morgan fingerprint density at radius 1 is 0.800 bits per heavy atom. The predicted octanol–water partition coefficient (Wildman–Crippen LogP) is 7.44. The molecule has 0 fully saturated rings. The van der Waals surface area contributed by atoms with Crippen LogP contribution in [0.3, 0.4) is 0 Å². The van der Waals surface area contributed by atoms with Crippen LogP contribution in [0.5, 0.6) is 0 Å². The van der Waals surface area contributed by atoms with Crippen molar-refractivity contribution in [3.05, 3.63) is 12.2 Å². The second kappa shape index (κ2) is 17.8. The molecule has 0 aliphatic rings. The van der Waals surface area contributed by atoms with E-state index >= 15 is 0 Å². The van der Waals surface area contributed by atoms with Crippen molar-refractivity contribution in [1.82, 2.24) is 0 Å². The van der Waals surface area contributed by atoms with Crippen molar-refractivity contribution in [2.75, 3.05) is 6.61 Å². The van der Waals surface area contributed by atoms with Gasteiger partial charge >= 0.3 is 6.16 Å². The summed E-state index contributed by atoms with van der Waals surface area (Å²) in [6, 6.07) is 0. The highest BCUT2D eigenvalue weighted by Gasteiger charge is 2.13. The van der Waals surface area contributed by atoms with E-state index in [-0.39, 0.29) is 6.10 Å². The molecule has 148 valence electrons. The van der Waals surface area contributed by atoms with Crippen molar-refractivity contribution in [1.29, 1.82) is 0 Å². The zero-order valence-electron chi connectivity index (χ0n) is 17.2. The highest BCUT2D eigenvalue weighted by Crippen LogP contribution is 2.10. The van der Waals surface area contributed by atoms with Crippen molar-refractivity contribution in [2.45, 2.75) is 111 Å². The van der Waals surface area contributed by atoms with E-state index in [9.17, 15) is 4.79 Å². The predicted molar refractivity (Wildman–Crippen MR) is 107 cm³/mol. The van der Waals surface area contributed by atoms with Gasteiger partial charge in [-0.15, -0.1) is 0 Å². The summed E-state index contributed by atoms with van der Waals surface area (Å²) >= 11 is 0. The van der Waals surface area contributed by atoms with Crippen LogP contribution in [0.2, 0.25) is 0 Å². The number of rotatable bonds is 16. The smallest absolute Gasteiger partial charge is 0.434 e. The maximum atomic E-state index is 11.4. The molecule has 25 heavy (non-hydrogen) atoms. The first-order valence-electron chi connectivity index (χ1n) is 10.6. The van der Waals surface area contributed by atoms with Gasteiger partial charge in [0.25, 0.3) is 0 Å². The Balaban J connectivity index is 3.26. The molecule has 3 heteroatoms.